The summed E-state index contributed by atoms with van der Waals surface area (Å²) in [5.74, 6) is -0.393. The van der Waals surface area contributed by atoms with E-state index in [0.717, 1.165) is 22.4 Å². The smallest absolute Gasteiger partial charge is 0.357 e. The predicted octanol–water partition coefficient (Wildman–Crippen LogP) is 3.92. The number of nitrogens with one attached hydrogen (secondary N) is 1. The van der Waals surface area contributed by atoms with Crippen LogP contribution in [0.25, 0.3) is 22.4 Å². The third-order valence-electron chi connectivity index (χ3n) is 3.36. The van der Waals surface area contributed by atoms with Crippen molar-refractivity contribution in [1.29, 1.82) is 0 Å². The molecule has 0 amide bonds. The second-order valence-corrected chi connectivity index (χ2v) is 4.77. The first kappa shape index (κ1) is 14.1. The molecule has 3 aromatic rings. The van der Waals surface area contributed by atoms with Crippen LogP contribution < -0.4 is 0 Å². The maximum absolute atomic E-state index is 12.2. The maximum atomic E-state index is 12.2. The molecule has 0 aliphatic heterocycles. The summed E-state index contributed by atoms with van der Waals surface area (Å²) in [4.78, 5) is 12.2. The van der Waals surface area contributed by atoms with E-state index in [4.69, 9.17) is 4.74 Å². The van der Waals surface area contributed by atoms with Gasteiger partial charge in [-0.05, 0) is 12.5 Å². The quantitative estimate of drug-likeness (QED) is 0.741. The van der Waals surface area contributed by atoms with E-state index in [1.165, 1.54) is 0 Å². The van der Waals surface area contributed by atoms with E-state index in [1.54, 1.807) is 6.92 Å². The highest BCUT2D eigenvalue weighted by molar-refractivity contribution is 5.99. The van der Waals surface area contributed by atoms with E-state index in [2.05, 4.69) is 10.2 Å². The van der Waals surface area contributed by atoms with Gasteiger partial charge in [0.05, 0.1) is 6.61 Å². The molecule has 0 unspecified atom stereocenters. The van der Waals surface area contributed by atoms with Crippen LogP contribution in [0.5, 0.6) is 0 Å². The summed E-state index contributed by atoms with van der Waals surface area (Å²) in [7, 11) is 0. The van der Waals surface area contributed by atoms with Crippen molar-refractivity contribution in [2.75, 3.05) is 6.61 Å². The Morgan fingerprint density at radius 1 is 1.00 bits per heavy atom. The van der Waals surface area contributed by atoms with E-state index in [0.29, 0.717) is 12.3 Å². The number of H-pyrrole nitrogens is 1. The van der Waals surface area contributed by atoms with Crippen molar-refractivity contribution in [3.05, 3.63) is 66.4 Å². The van der Waals surface area contributed by atoms with E-state index < -0.39 is 5.97 Å². The number of hydrogen-bond donors (Lipinski definition) is 1. The molecular formula is C18H16N2O2. The Morgan fingerprint density at radius 2 is 1.59 bits per heavy atom. The van der Waals surface area contributed by atoms with Gasteiger partial charge in [0.1, 0.15) is 5.69 Å². The molecule has 1 heterocycles. The van der Waals surface area contributed by atoms with Crippen LogP contribution in [-0.4, -0.2) is 22.8 Å². The normalized spacial score (nSPS) is 10.4. The van der Waals surface area contributed by atoms with E-state index >= 15 is 0 Å². The average Bonchev–Trinajstić information content (AvgIpc) is 3.02. The number of rotatable bonds is 4. The second-order valence-electron chi connectivity index (χ2n) is 4.77. The first-order valence-electron chi connectivity index (χ1n) is 7.17. The molecule has 0 saturated heterocycles. The minimum Gasteiger partial charge on any atom is -0.461 e. The minimum absolute atomic E-state index is 0.326. The standard InChI is InChI=1S/C18H16N2O2/c1-2-22-18(21)17-15(13-9-5-3-6-10-13)16(19-20-17)14-11-7-4-8-12-14/h3-12H,2H2,1H3,(H,19,20). The fraction of sp³-hybridized carbons (Fsp3) is 0.111. The Morgan fingerprint density at radius 3 is 2.18 bits per heavy atom. The number of benzene rings is 2. The third kappa shape index (κ3) is 2.63. The number of carbonyl (C=O) groups excluding carboxylic acids is 1. The molecule has 4 nitrogen and oxygen atoms in total. The molecule has 0 fully saturated rings. The molecule has 1 aromatic heterocycles. The summed E-state index contributed by atoms with van der Waals surface area (Å²) in [6.07, 6.45) is 0. The number of carbonyl (C=O) groups is 1. The highest BCUT2D eigenvalue weighted by Crippen LogP contribution is 2.33. The molecule has 0 radical (unpaired) electrons. The molecule has 4 heteroatoms. The lowest BCUT2D eigenvalue weighted by Crippen LogP contribution is -2.06. The molecule has 0 aliphatic rings. The number of hydrogen-bond acceptors (Lipinski definition) is 3. The predicted molar refractivity (Wildman–Crippen MR) is 85.4 cm³/mol. The molecule has 0 atom stereocenters. The van der Waals surface area contributed by atoms with Crippen LogP contribution in [0.15, 0.2) is 60.7 Å². The van der Waals surface area contributed by atoms with Crippen molar-refractivity contribution in [2.24, 2.45) is 0 Å². The topological polar surface area (TPSA) is 55.0 Å². The van der Waals surface area contributed by atoms with Crippen molar-refractivity contribution in [2.45, 2.75) is 6.92 Å². The molecule has 2 aromatic carbocycles. The van der Waals surface area contributed by atoms with Crippen molar-refractivity contribution in [3.8, 4) is 22.4 Å². The Hall–Kier alpha value is -2.88. The van der Waals surface area contributed by atoms with Gasteiger partial charge in [0.2, 0.25) is 0 Å². The van der Waals surface area contributed by atoms with Gasteiger partial charge in [0.15, 0.2) is 5.69 Å². The fourth-order valence-corrected chi connectivity index (χ4v) is 2.38. The Balaban J connectivity index is 2.18. The first-order chi connectivity index (χ1) is 10.8. The molecule has 0 bridgehead atoms. The number of ether oxygens (including phenoxy) is 1. The summed E-state index contributed by atoms with van der Waals surface area (Å²) in [6.45, 7) is 2.11. The number of aromatic nitrogens is 2. The van der Waals surface area contributed by atoms with Crippen LogP contribution >= 0.6 is 0 Å². The lowest BCUT2D eigenvalue weighted by atomic mass is 9.99. The molecule has 0 spiro atoms. The van der Waals surface area contributed by atoms with Gasteiger partial charge in [0, 0.05) is 11.1 Å². The summed E-state index contributed by atoms with van der Waals surface area (Å²) in [6, 6.07) is 19.5. The highest BCUT2D eigenvalue weighted by atomic mass is 16.5. The second kappa shape index (κ2) is 6.26. The zero-order valence-electron chi connectivity index (χ0n) is 12.2. The van der Waals surface area contributed by atoms with Crippen molar-refractivity contribution in [1.82, 2.24) is 10.2 Å². The van der Waals surface area contributed by atoms with Gasteiger partial charge in [-0.2, -0.15) is 5.10 Å². The third-order valence-corrected chi connectivity index (χ3v) is 3.36. The van der Waals surface area contributed by atoms with Crippen LogP contribution in [0.3, 0.4) is 0 Å². The van der Waals surface area contributed by atoms with Gasteiger partial charge in [-0.15, -0.1) is 0 Å². The first-order valence-corrected chi connectivity index (χ1v) is 7.17. The van der Waals surface area contributed by atoms with Gasteiger partial charge in [-0.25, -0.2) is 4.79 Å². The Bertz CT molecular complexity index is 764. The van der Waals surface area contributed by atoms with E-state index in [9.17, 15) is 4.79 Å². The lowest BCUT2D eigenvalue weighted by Gasteiger charge is -2.06. The number of esters is 1. The largest absolute Gasteiger partial charge is 0.461 e. The van der Waals surface area contributed by atoms with Crippen molar-refractivity contribution >= 4 is 5.97 Å². The SMILES string of the molecule is CCOC(=O)c1[nH]nc(-c2ccccc2)c1-c1ccccc1. The highest BCUT2D eigenvalue weighted by Gasteiger charge is 2.22. The van der Waals surface area contributed by atoms with Gasteiger partial charge < -0.3 is 4.74 Å². The van der Waals surface area contributed by atoms with Gasteiger partial charge in [0.25, 0.3) is 0 Å². The zero-order chi connectivity index (χ0) is 15.4. The molecule has 22 heavy (non-hydrogen) atoms. The fourth-order valence-electron chi connectivity index (χ4n) is 2.38. The Kier molecular flexibility index (Phi) is 4.01. The summed E-state index contributed by atoms with van der Waals surface area (Å²) in [5.41, 5.74) is 3.78. The van der Waals surface area contributed by atoms with Crippen LogP contribution in [-0.2, 0) is 4.74 Å². The van der Waals surface area contributed by atoms with Crippen LogP contribution in [0.2, 0.25) is 0 Å². The maximum Gasteiger partial charge on any atom is 0.357 e. The van der Waals surface area contributed by atoms with E-state index in [-0.39, 0.29) is 0 Å². The molecular weight excluding hydrogens is 276 g/mol. The minimum atomic E-state index is -0.393. The number of aromatic amines is 1. The molecule has 0 saturated carbocycles. The zero-order valence-corrected chi connectivity index (χ0v) is 12.2. The molecule has 1 N–H and O–H groups in total. The van der Waals surface area contributed by atoms with Crippen LogP contribution in [0.1, 0.15) is 17.4 Å². The van der Waals surface area contributed by atoms with E-state index in [1.807, 2.05) is 60.7 Å². The summed E-state index contributed by atoms with van der Waals surface area (Å²) in [5, 5.41) is 7.17. The van der Waals surface area contributed by atoms with Crippen molar-refractivity contribution in [3.63, 3.8) is 0 Å². The molecule has 3 rings (SSSR count). The summed E-state index contributed by atoms with van der Waals surface area (Å²) < 4.78 is 5.13. The average molecular weight is 292 g/mol. The van der Waals surface area contributed by atoms with Gasteiger partial charge in [-0.1, -0.05) is 60.7 Å². The monoisotopic (exact) mass is 292 g/mol. The molecule has 110 valence electrons. The van der Waals surface area contributed by atoms with Crippen molar-refractivity contribution < 1.29 is 9.53 Å². The van der Waals surface area contributed by atoms with Crippen LogP contribution in [0, 0.1) is 0 Å². The Labute approximate surface area is 128 Å². The number of nitrogens with zero attached hydrogens (tertiary/aromatic N) is 1. The van der Waals surface area contributed by atoms with Gasteiger partial charge >= 0.3 is 5.97 Å². The van der Waals surface area contributed by atoms with Crippen LogP contribution in [0.4, 0.5) is 0 Å². The lowest BCUT2D eigenvalue weighted by molar-refractivity contribution is 0.0520. The van der Waals surface area contributed by atoms with Gasteiger partial charge in [-0.3, -0.25) is 5.10 Å². The molecule has 0 aliphatic carbocycles. The summed E-state index contributed by atoms with van der Waals surface area (Å²) >= 11 is 0.